The lowest BCUT2D eigenvalue weighted by Gasteiger charge is -2.23. The fourth-order valence-corrected chi connectivity index (χ4v) is 2.91. The van der Waals surface area contributed by atoms with Gasteiger partial charge in [-0.1, -0.05) is 60.2 Å². The Morgan fingerprint density at radius 3 is 2.44 bits per heavy atom. The Labute approximate surface area is 160 Å². The number of aromatic nitrogens is 1. The van der Waals surface area contributed by atoms with Gasteiger partial charge in [-0.25, -0.2) is 0 Å². The van der Waals surface area contributed by atoms with Gasteiger partial charge >= 0.3 is 0 Å². The molecule has 27 heavy (non-hydrogen) atoms. The van der Waals surface area contributed by atoms with Crippen molar-refractivity contribution in [2.24, 2.45) is 0 Å². The summed E-state index contributed by atoms with van der Waals surface area (Å²) >= 11 is 0. The van der Waals surface area contributed by atoms with Crippen LogP contribution < -0.4 is 10.2 Å². The summed E-state index contributed by atoms with van der Waals surface area (Å²) < 4.78 is 0. The normalized spacial score (nSPS) is 10.4. The summed E-state index contributed by atoms with van der Waals surface area (Å²) in [5.74, 6) is -0.159. The largest absolute Gasteiger partial charge is 0.367 e. The van der Waals surface area contributed by atoms with E-state index in [9.17, 15) is 4.79 Å². The van der Waals surface area contributed by atoms with Gasteiger partial charge < -0.3 is 10.2 Å². The van der Waals surface area contributed by atoms with Crippen LogP contribution in [0.3, 0.4) is 0 Å². The molecule has 0 fully saturated rings. The van der Waals surface area contributed by atoms with E-state index in [1.54, 1.807) is 6.20 Å². The summed E-state index contributed by atoms with van der Waals surface area (Å²) in [6.07, 6.45) is 1.70. The van der Waals surface area contributed by atoms with Crippen LogP contribution in [0.25, 0.3) is 0 Å². The second-order valence-electron chi connectivity index (χ2n) is 6.57. The van der Waals surface area contributed by atoms with Crippen molar-refractivity contribution in [1.29, 1.82) is 0 Å². The lowest BCUT2D eigenvalue weighted by molar-refractivity contribution is 0.0946. The van der Waals surface area contributed by atoms with E-state index in [-0.39, 0.29) is 5.91 Å². The Kier molecular flexibility index (Phi) is 6.21. The van der Waals surface area contributed by atoms with Gasteiger partial charge in [0.15, 0.2) is 0 Å². The van der Waals surface area contributed by atoms with Gasteiger partial charge in [0.2, 0.25) is 0 Å². The number of carbonyl (C=O) groups is 1. The van der Waals surface area contributed by atoms with Crippen LogP contribution in [0, 0.1) is 6.92 Å². The smallest absolute Gasteiger partial charge is 0.270 e. The number of nitrogens with one attached hydrogen (secondary N) is 1. The highest BCUT2D eigenvalue weighted by Gasteiger charge is 2.11. The van der Waals surface area contributed by atoms with E-state index in [2.05, 4.69) is 34.3 Å². The maximum absolute atomic E-state index is 12.5. The monoisotopic (exact) mass is 359 g/mol. The zero-order valence-electron chi connectivity index (χ0n) is 15.9. The van der Waals surface area contributed by atoms with Crippen LogP contribution in [-0.4, -0.2) is 17.4 Å². The van der Waals surface area contributed by atoms with Crippen LogP contribution in [0.2, 0.25) is 0 Å². The van der Waals surface area contributed by atoms with Gasteiger partial charge in [0.05, 0.1) is 0 Å². The van der Waals surface area contributed by atoms with Crippen molar-refractivity contribution in [3.05, 3.63) is 95.3 Å². The maximum Gasteiger partial charge on any atom is 0.270 e. The second kappa shape index (κ2) is 8.99. The molecule has 0 radical (unpaired) electrons. The standard InChI is InChI=1S/C23H25N3O/c1-3-26(17-20-7-5-4-6-8-20)21-13-14-24-22(15-21)23(27)25-16-19-11-9-18(2)10-12-19/h4-15H,3,16-17H2,1-2H3,(H,25,27). The molecule has 4 heteroatoms. The van der Waals surface area contributed by atoms with Gasteiger partial charge in [-0.2, -0.15) is 0 Å². The number of benzene rings is 2. The molecule has 1 amide bonds. The minimum Gasteiger partial charge on any atom is -0.367 e. The first-order chi connectivity index (χ1) is 13.2. The molecule has 3 rings (SSSR count). The number of aryl methyl sites for hydroxylation is 1. The molecular formula is C23H25N3O. The SMILES string of the molecule is CCN(Cc1ccccc1)c1ccnc(C(=O)NCc2ccc(C)cc2)c1. The molecule has 0 bridgehead atoms. The third kappa shape index (κ3) is 5.17. The lowest BCUT2D eigenvalue weighted by Crippen LogP contribution is -2.25. The van der Waals surface area contributed by atoms with Crippen molar-refractivity contribution in [3.8, 4) is 0 Å². The summed E-state index contributed by atoms with van der Waals surface area (Å²) in [4.78, 5) is 19.0. The Balaban J connectivity index is 1.67. The maximum atomic E-state index is 12.5. The van der Waals surface area contributed by atoms with Crippen molar-refractivity contribution in [1.82, 2.24) is 10.3 Å². The van der Waals surface area contributed by atoms with Crippen LogP contribution in [0.15, 0.2) is 72.9 Å². The Morgan fingerprint density at radius 1 is 1.00 bits per heavy atom. The molecule has 0 saturated carbocycles. The number of pyridine rings is 1. The molecule has 0 atom stereocenters. The molecule has 0 aliphatic rings. The van der Waals surface area contributed by atoms with Gasteiger partial charge in [-0.15, -0.1) is 0 Å². The van der Waals surface area contributed by atoms with Gasteiger partial charge in [0.1, 0.15) is 5.69 Å². The van der Waals surface area contributed by atoms with Crippen molar-refractivity contribution in [3.63, 3.8) is 0 Å². The van der Waals surface area contributed by atoms with Crippen LogP contribution in [0.5, 0.6) is 0 Å². The van der Waals surface area contributed by atoms with Gasteiger partial charge in [0, 0.05) is 31.5 Å². The Bertz CT molecular complexity index is 876. The average molecular weight is 359 g/mol. The second-order valence-corrected chi connectivity index (χ2v) is 6.57. The van der Waals surface area contributed by atoms with Crippen molar-refractivity contribution >= 4 is 11.6 Å². The quantitative estimate of drug-likeness (QED) is 0.682. The van der Waals surface area contributed by atoms with Crippen molar-refractivity contribution in [2.75, 3.05) is 11.4 Å². The van der Waals surface area contributed by atoms with E-state index in [4.69, 9.17) is 0 Å². The van der Waals surface area contributed by atoms with Crippen molar-refractivity contribution in [2.45, 2.75) is 26.9 Å². The molecule has 3 aromatic rings. The van der Waals surface area contributed by atoms with E-state index in [1.165, 1.54) is 11.1 Å². The molecule has 0 aliphatic carbocycles. The third-order valence-corrected chi connectivity index (χ3v) is 4.51. The highest BCUT2D eigenvalue weighted by Crippen LogP contribution is 2.17. The molecule has 0 saturated heterocycles. The number of hydrogen-bond donors (Lipinski definition) is 1. The number of nitrogens with zero attached hydrogens (tertiary/aromatic N) is 2. The van der Waals surface area contributed by atoms with E-state index in [1.807, 2.05) is 61.5 Å². The van der Waals surface area contributed by atoms with Gasteiger partial charge in [-0.3, -0.25) is 9.78 Å². The number of carbonyl (C=O) groups excluding carboxylic acids is 1. The highest BCUT2D eigenvalue weighted by molar-refractivity contribution is 5.93. The van der Waals surface area contributed by atoms with E-state index in [0.29, 0.717) is 12.2 Å². The predicted molar refractivity (Wildman–Crippen MR) is 110 cm³/mol. The highest BCUT2D eigenvalue weighted by atomic mass is 16.1. The zero-order valence-corrected chi connectivity index (χ0v) is 15.9. The molecule has 0 unspecified atom stereocenters. The first kappa shape index (κ1) is 18.6. The Hall–Kier alpha value is -3.14. The predicted octanol–water partition coefficient (Wildman–Crippen LogP) is 4.35. The lowest BCUT2D eigenvalue weighted by atomic mass is 10.1. The van der Waals surface area contributed by atoms with Crippen LogP contribution in [-0.2, 0) is 13.1 Å². The molecule has 138 valence electrons. The zero-order chi connectivity index (χ0) is 19.1. The summed E-state index contributed by atoms with van der Waals surface area (Å²) in [5.41, 5.74) is 4.95. The third-order valence-electron chi connectivity index (χ3n) is 4.51. The number of hydrogen-bond acceptors (Lipinski definition) is 3. The molecule has 4 nitrogen and oxygen atoms in total. The fourth-order valence-electron chi connectivity index (χ4n) is 2.91. The molecule has 0 spiro atoms. The van der Waals surface area contributed by atoms with E-state index < -0.39 is 0 Å². The summed E-state index contributed by atoms with van der Waals surface area (Å²) in [6.45, 7) is 6.30. The number of anilines is 1. The number of rotatable bonds is 7. The minimum absolute atomic E-state index is 0.159. The average Bonchev–Trinajstić information content (AvgIpc) is 2.72. The minimum atomic E-state index is -0.159. The first-order valence-corrected chi connectivity index (χ1v) is 9.24. The van der Waals surface area contributed by atoms with Gasteiger partial charge in [0.25, 0.3) is 5.91 Å². The number of amides is 1. The topological polar surface area (TPSA) is 45.2 Å². The van der Waals surface area contributed by atoms with Crippen molar-refractivity contribution < 1.29 is 4.79 Å². The molecule has 1 N–H and O–H groups in total. The summed E-state index contributed by atoms with van der Waals surface area (Å²) in [5, 5.41) is 2.95. The molecule has 1 heterocycles. The van der Waals surface area contributed by atoms with E-state index in [0.717, 1.165) is 24.3 Å². The molecule has 2 aromatic carbocycles. The van der Waals surface area contributed by atoms with Crippen LogP contribution in [0.1, 0.15) is 34.1 Å². The summed E-state index contributed by atoms with van der Waals surface area (Å²) in [6, 6.07) is 22.3. The molecular weight excluding hydrogens is 334 g/mol. The van der Waals surface area contributed by atoms with Gasteiger partial charge in [-0.05, 0) is 37.1 Å². The fraction of sp³-hybridized carbons (Fsp3) is 0.217. The molecule has 1 aromatic heterocycles. The van der Waals surface area contributed by atoms with Crippen LogP contribution in [0.4, 0.5) is 5.69 Å². The van der Waals surface area contributed by atoms with Crippen LogP contribution >= 0.6 is 0 Å². The summed E-state index contributed by atoms with van der Waals surface area (Å²) in [7, 11) is 0. The van der Waals surface area contributed by atoms with E-state index >= 15 is 0 Å². The first-order valence-electron chi connectivity index (χ1n) is 9.24. The Morgan fingerprint density at radius 2 is 1.74 bits per heavy atom. The molecule has 0 aliphatic heterocycles.